The standard InChI is InChI=1S/C27H20F6N2O5/c1-16-12-22(10-11-23(16)39-15-24(36)37)38-14-19-13-35(20-6-4-18(5-7-20)26(28,29)30)25(34-19)17-2-8-21(9-3-17)40-27(31,32)33/h2-13H,14-15H2,1H3,(H,36,37). The minimum atomic E-state index is -4.87. The van der Waals surface area contributed by atoms with Crippen molar-refractivity contribution in [2.24, 2.45) is 0 Å². The maximum atomic E-state index is 13.1. The third-order valence-corrected chi connectivity index (χ3v) is 5.46. The summed E-state index contributed by atoms with van der Waals surface area (Å²) in [5.74, 6) is -0.549. The molecule has 0 atom stereocenters. The summed E-state index contributed by atoms with van der Waals surface area (Å²) in [4.78, 5) is 15.2. The number of rotatable bonds is 9. The summed E-state index contributed by atoms with van der Waals surface area (Å²) >= 11 is 0. The molecule has 4 aromatic rings. The summed E-state index contributed by atoms with van der Waals surface area (Å²) in [6.45, 7) is 1.13. The minimum Gasteiger partial charge on any atom is -0.487 e. The van der Waals surface area contributed by atoms with Crippen LogP contribution in [0.25, 0.3) is 17.1 Å². The molecule has 1 N–H and O–H groups in total. The van der Waals surface area contributed by atoms with E-state index < -0.39 is 36.4 Å². The van der Waals surface area contributed by atoms with E-state index in [0.717, 1.165) is 24.3 Å². The molecule has 7 nitrogen and oxygen atoms in total. The van der Waals surface area contributed by atoms with Crippen molar-refractivity contribution in [3.63, 3.8) is 0 Å². The number of carboxylic acids is 1. The Morgan fingerprint density at radius 3 is 2.12 bits per heavy atom. The molecule has 0 bridgehead atoms. The average molecular weight is 566 g/mol. The molecule has 0 aliphatic rings. The lowest BCUT2D eigenvalue weighted by Gasteiger charge is -2.12. The first-order valence-electron chi connectivity index (χ1n) is 11.5. The number of carboxylic acid groups (broad SMARTS) is 1. The van der Waals surface area contributed by atoms with Crippen LogP contribution < -0.4 is 14.2 Å². The van der Waals surface area contributed by atoms with Gasteiger partial charge in [0, 0.05) is 17.4 Å². The van der Waals surface area contributed by atoms with Gasteiger partial charge in [0.1, 0.15) is 29.7 Å². The largest absolute Gasteiger partial charge is 0.573 e. The van der Waals surface area contributed by atoms with Crippen molar-refractivity contribution in [3.05, 3.63) is 89.7 Å². The Balaban J connectivity index is 1.61. The molecular formula is C27H20F6N2O5. The molecule has 1 aromatic heterocycles. The van der Waals surface area contributed by atoms with Gasteiger partial charge in [0.05, 0.1) is 11.3 Å². The third kappa shape index (κ3) is 7.24. The van der Waals surface area contributed by atoms with Crippen LogP contribution in [0.2, 0.25) is 0 Å². The fourth-order valence-electron chi connectivity index (χ4n) is 3.69. The Kier molecular flexibility index (Phi) is 7.93. The molecular weight excluding hydrogens is 546 g/mol. The number of halogens is 6. The average Bonchev–Trinajstić information content (AvgIpc) is 3.30. The monoisotopic (exact) mass is 566 g/mol. The predicted octanol–water partition coefficient (Wildman–Crippen LogP) is 6.81. The van der Waals surface area contributed by atoms with E-state index in [4.69, 9.17) is 14.6 Å². The molecule has 0 amide bonds. The van der Waals surface area contributed by atoms with Gasteiger partial charge in [0.2, 0.25) is 0 Å². The van der Waals surface area contributed by atoms with E-state index in [9.17, 15) is 31.1 Å². The van der Waals surface area contributed by atoms with E-state index in [1.54, 1.807) is 25.1 Å². The van der Waals surface area contributed by atoms with Gasteiger partial charge >= 0.3 is 18.5 Å². The number of aliphatic carboxylic acids is 1. The molecule has 13 heteroatoms. The number of ether oxygens (including phenoxy) is 3. The fourth-order valence-corrected chi connectivity index (χ4v) is 3.69. The number of nitrogens with zero attached hydrogens (tertiary/aromatic N) is 2. The Morgan fingerprint density at radius 2 is 1.55 bits per heavy atom. The van der Waals surface area contributed by atoms with Crippen LogP contribution in [0.5, 0.6) is 17.2 Å². The highest BCUT2D eigenvalue weighted by Crippen LogP contribution is 2.32. The van der Waals surface area contributed by atoms with Crippen LogP contribution in [-0.4, -0.2) is 33.6 Å². The molecule has 0 saturated carbocycles. The molecule has 0 radical (unpaired) electrons. The summed E-state index contributed by atoms with van der Waals surface area (Å²) in [6.07, 6.45) is -7.87. The van der Waals surface area contributed by atoms with E-state index in [2.05, 4.69) is 9.72 Å². The zero-order valence-corrected chi connectivity index (χ0v) is 20.6. The topological polar surface area (TPSA) is 82.8 Å². The van der Waals surface area contributed by atoms with E-state index in [1.165, 1.54) is 35.0 Å². The van der Waals surface area contributed by atoms with Gasteiger partial charge in [-0.3, -0.25) is 4.57 Å². The smallest absolute Gasteiger partial charge is 0.487 e. The van der Waals surface area contributed by atoms with Gasteiger partial charge in [0.25, 0.3) is 0 Å². The maximum Gasteiger partial charge on any atom is 0.573 e. The number of hydrogen-bond donors (Lipinski definition) is 1. The molecule has 0 spiro atoms. The quantitative estimate of drug-likeness (QED) is 0.224. The molecule has 0 aliphatic carbocycles. The second-order valence-corrected chi connectivity index (χ2v) is 8.44. The third-order valence-electron chi connectivity index (χ3n) is 5.46. The van der Waals surface area contributed by atoms with Crippen LogP contribution >= 0.6 is 0 Å². The molecule has 210 valence electrons. The van der Waals surface area contributed by atoms with E-state index in [1.807, 2.05) is 0 Å². The Hall–Kier alpha value is -4.68. The molecule has 3 aromatic carbocycles. The van der Waals surface area contributed by atoms with E-state index >= 15 is 0 Å². The summed E-state index contributed by atoms with van der Waals surface area (Å²) in [7, 11) is 0. The van der Waals surface area contributed by atoms with Crippen molar-refractivity contribution in [1.82, 2.24) is 9.55 Å². The number of alkyl halides is 6. The Labute approximate surface area is 223 Å². The fraction of sp³-hybridized carbons (Fsp3) is 0.185. The van der Waals surface area contributed by atoms with Crippen molar-refractivity contribution in [2.75, 3.05) is 6.61 Å². The number of carbonyl (C=O) groups is 1. The normalized spacial score (nSPS) is 11.8. The summed E-state index contributed by atoms with van der Waals surface area (Å²) in [6, 6.07) is 13.9. The molecule has 4 rings (SSSR count). The lowest BCUT2D eigenvalue weighted by Crippen LogP contribution is -2.16. The Bertz CT molecular complexity index is 1480. The number of imidazole rings is 1. The summed E-state index contributed by atoms with van der Waals surface area (Å²) in [5.41, 5.74) is 0.844. The van der Waals surface area contributed by atoms with Gasteiger partial charge in [-0.1, -0.05) is 0 Å². The number of benzene rings is 3. The number of hydrogen-bond acceptors (Lipinski definition) is 5. The molecule has 40 heavy (non-hydrogen) atoms. The van der Waals surface area contributed by atoms with Crippen LogP contribution in [0.4, 0.5) is 26.3 Å². The van der Waals surface area contributed by atoms with Crippen LogP contribution in [0.15, 0.2) is 72.9 Å². The van der Waals surface area contributed by atoms with Crippen molar-refractivity contribution in [3.8, 4) is 34.3 Å². The van der Waals surface area contributed by atoms with Crippen molar-refractivity contribution >= 4 is 5.97 Å². The van der Waals surface area contributed by atoms with Gasteiger partial charge in [-0.15, -0.1) is 13.2 Å². The Morgan fingerprint density at radius 1 is 0.900 bits per heavy atom. The zero-order chi connectivity index (χ0) is 29.1. The first-order chi connectivity index (χ1) is 18.8. The molecule has 0 unspecified atom stereocenters. The molecule has 1 heterocycles. The lowest BCUT2D eigenvalue weighted by molar-refractivity contribution is -0.274. The number of aryl methyl sites for hydroxylation is 1. The van der Waals surface area contributed by atoms with Gasteiger partial charge < -0.3 is 19.3 Å². The summed E-state index contributed by atoms with van der Waals surface area (Å²) < 4.78 is 93.2. The van der Waals surface area contributed by atoms with Crippen molar-refractivity contribution < 1.29 is 50.5 Å². The second kappa shape index (κ2) is 11.2. The highest BCUT2D eigenvalue weighted by atomic mass is 19.4. The van der Waals surface area contributed by atoms with E-state index in [0.29, 0.717) is 34.0 Å². The second-order valence-electron chi connectivity index (χ2n) is 8.44. The van der Waals surface area contributed by atoms with Gasteiger partial charge in [0.15, 0.2) is 6.61 Å². The zero-order valence-electron chi connectivity index (χ0n) is 20.6. The van der Waals surface area contributed by atoms with Gasteiger partial charge in [-0.2, -0.15) is 13.2 Å². The van der Waals surface area contributed by atoms with Crippen LogP contribution in [-0.2, 0) is 17.6 Å². The first-order valence-corrected chi connectivity index (χ1v) is 11.5. The highest BCUT2D eigenvalue weighted by Gasteiger charge is 2.31. The van der Waals surface area contributed by atoms with Crippen molar-refractivity contribution in [2.45, 2.75) is 26.1 Å². The SMILES string of the molecule is Cc1cc(OCc2cn(-c3ccc(C(F)(F)F)cc3)c(-c3ccc(OC(F)(F)F)cc3)n2)ccc1OCC(=O)O. The van der Waals surface area contributed by atoms with Gasteiger partial charge in [-0.05, 0) is 79.2 Å². The minimum absolute atomic E-state index is 0.0648. The van der Waals surface area contributed by atoms with Crippen molar-refractivity contribution in [1.29, 1.82) is 0 Å². The molecule has 0 saturated heterocycles. The highest BCUT2D eigenvalue weighted by molar-refractivity contribution is 5.68. The van der Waals surface area contributed by atoms with Crippen LogP contribution in [0.1, 0.15) is 16.8 Å². The van der Waals surface area contributed by atoms with Gasteiger partial charge in [-0.25, -0.2) is 9.78 Å². The summed E-state index contributed by atoms with van der Waals surface area (Å²) in [5, 5.41) is 8.77. The molecule has 0 fully saturated rings. The first kappa shape index (κ1) is 28.3. The number of aromatic nitrogens is 2. The lowest BCUT2D eigenvalue weighted by atomic mass is 10.1. The molecule has 0 aliphatic heterocycles. The van der Waals surface area contributed by atoms with Crippen LogP contribution in [0, 0.1) is 6.92 Å². The maximum absolute atomic E-state index is 13.1. The van der Waals surface area contributed by atoms with E-state index in [-0.39, 0.29) is 12.4 Å². The van der Waals surface area contributed by atoms with Crippen LogP contribution in [0.3, 0.4) is 0 Å². The predicted molar refractivity (Wildman–Crippen MR) is 129 cm³/mol.